The molecule has 128 valence electrons. The van der Waals surface area contributed by atoms with Crippen LogP contribution in [0.2, 0.25) is 5.02 Å². The van der Waals surface area contributed by atoms with Gasteiger partial charge < -0.3 is 15.5 Å². The number of benzene rings is 1. The lowest BCUT2D eigenvalue weighted by atomic mass is 10.1. The molecule has 0 saturated carbocycles. The standard InChI is InChI=1S/C14H19ClN4O3.ClH/c15-12-4-1-3-11(13(12)19(21)22)14(20)17-5-2-8-18-9-6-16-7-10-18;/h1,3-4,16H,2,5-10H2,(H,17,20);1H. The van der Waals surface area contributed by atoms with E-state index >= 15 is 0 Å². The lowest BCUT2D eigenvalue weighted by Crippen LogP contribution is -2.44. The molecular weight excluding hydrogens is 343 g/mol. The first kappa shape index (κ1) is 19.6. The van der Waals surface area contributed by atoms with Gasteiger partial charge in [-0.05, 0) is 25.1 Å². The van der Waals surface area contributed by atoms with Gasteiger partial charge in [0, 0.05) is 32.7 Å². The molecule has 1 fully saturated rings. The van der Waals surface area contributed by atoms with Crippen molar-refractivity contribution < 1.29 is 9.72 Å². The van der Waals surface area contributed by atoms with E-state index in [2.05, 4.69) is 15.5 Å². The molecule has 2 rings (SSSR count). The molecule has 23 heavy (non-hydrogen) atoms. The van der Waals surface area contributed by atoms with Gasteiger partial charge in [0.25, 0.3) is 5.91 Å². The third kappa shape index (κ3) is 5.62. The Morgan fingerprint density at radius 3 is 2.74 bits per heavy atom. The highest BCUT2D eigenvalue weighted by Crippen LogP contribution is 2.27. The summed E-state index contributed by atoms with van der Waals surface area (Å²) in [5, 5.41) is 17.0. The van der Waals surface area contributed by atoms with E-state index < -0.39 is 10.8 Å². The average Bonchev–Trinajstić information content (AvgIpc) is 2.51. The van der Waals surface area contributed by atoms with Crippen molar-refractivity contribution >= 4 is 35.6 Å². The average molecular weight is 363 g/mol. The summed E-state index contributed by atoms with van der Waals surface area (Å²) in [7, 11) is 0. The molecule has 0 bridgehead atoms. The van der Waals surface area contributed by atoms with E-state index in [1.54, 1.807) is 0 Å². The topological polar surface area (TPSA) is 87.5 Å². The zero-order valence-corrected chi connectivity index (χ0v) is 14.2. The minimum absolute atomic E-state index is 0. The minimum atomic E-state index is -0.627. The number of para-hydroxylation sites is 1. The van der Waals surface area contributed by atoms with Gasteiger partial charge in [0.15, 0.2) is 0 Å². The Morgan fingerprint density at radius 1 is 1.39 bits per heavy atom. The Balaban J connectivity index is 0.00000264. The van der Waals surface area contributed by atoms with Crippen LogP contribution >= 0.6 is 24.0 Å². The third-order valence-corrected chi connectivity index (χ3v) is 3.87. The Labute approximate surface area is 145 Å². The summed E-state index contributed by atoms with van der Waals surface area (Å²) in [6.45, 7) is 5.37. The molecule has 0 atom stereocenters. The summed E-state index contributed by atoms with van der Waals surface area (Å²) in [4.78, 5) is 24.8. The molecule has 0 unspecified atom stereocenters. The predicted molar refractivity (Wildman–Crippen MR) is 91.6 cm³/mol. The number of nitro benzene ring substituents is 1. The van der Waals surface area contributed by atoms with Crippen molar-refractivity contribution in [1.29, 1.82) is 0 Å². The molecule has 0 radical (unpaired) electrons. The van der Waals surface area contributed by atoms with E-state index in [1.165, 1.54) is 18.2 Å². The van der Waals surface area contributed by atoms with E-state index in [-0.39, 0.29) is 28.7 Å². The van der Waals surface area contributed by atoms with Gasteiger partial charge >= 0.3 is 5.69 Å². The van der Waals surface area contributed by atoms with Gasteiger partial charge in [-0.15, -0.1) is 12.4 Å². The normalized spacial score (nSPS) is 14.8. The highest BCUT2D eigenvalue weighted by atomic mass is 35.5. The molecule has 1 saturated heterocycles. The number of halogens is 2. The number of nitrogens with zero attached hydrogens (tertiary/aromatic N) is 2. The molecule has 1 aromatic rings. The zero-order valence-electron chi connectivity index (χ0n) is 12.6. The number of hydrogen-bond acceptors (Lipinski definition) is 5. The first-order chi connectivity index (χ1) is 10.6. The first-order valence-electron chi connectivity index (χ1n) is 7.24. The fourth-order valence-electron chi connectivity index (χ4n) is 2.42. The molecule has 1 aliphatic heterocycles. The zero-order chi connectivity index (χ0) is 15.9. The quantitative estimate of drug-likeness (QED) is 0.456. The largest absolute Gasteiger partial charge is 0.352 e. The van der Waals surface area contributed by atoms with Gasteiger partial charge in [-0.3, -0.25) is 14.9 Å². The summed E-state index contributed by atoms with van der Waals surface area (Å²) in [5.74, 6) is -0.463. The first-order valence-corrected chi connectivity index (χ1v) is 7.61. The van der Waals surface area contributed by atoms with Crippen LogP contribution in [0.15, 0.2) is 18.2 Å². The molecule has 1 amide bonds. The summed E-state index contributed by atoms with van der Waals surface area (Å²) in [6, 6.07) is 4.35. The van der Waals surface area contributed by atoms with E-state index in [9.17, 15) is 14.9 Å². The maximum absolute atomic E-state index is 12.1. The van der Waals surface area contributed by atoms with Crippen LogP contribution in [0, 0.1) is 10.1 Å². The van der Waals surface area contributed by atoms with Gasteiger partial charge in [-0.25, -0.2) is 0 Å². The number of carbonyl (C=O) groups is 1. The van der Waals surface area contributed by atoms with Crippen LogP contribution in [0.1, 0.15) is 16.8 Å². The van der Waals surface area contributed by atoms with Gasteiger partial charge in [0.05, 0.1) is 4.92 Å². The maximum Gasteiger partial charge on any atom is 0.300 e. The van der Waals surface area contributed by atoms with Crippen LogP contribution in [0.5, 0.6) is 0 Å². The van der Waals surface area contributed by atoms with Crippen molar-refractivity contribution in [2.45, 2.75) is 6.42 Å². The van der Waals surface area contributed by atoms with Crippen LogP contribution in [0.4, 0.5) is 5.69 Å². The van der Waals surface area contributed by atoms with Crippen molar-refractivity contribution in [3.8, 4) is 0 Å². The van der Waals surface area contributed by atoms with Gasteiger partial charge in [-0.1, -0.05) is 17.7 Å². The smallest absolute Gasteiger partial charge is 0.300 e. The van der Waals surface area contributed by atoms with Crippen LogP contribution in [-0.2, 0) is 0 Å². The molecule has 1 aliphatic rings. The molecule has 1 aromatic carbocycles. The Morgan fingerprint density at radius 2 is 2.09 bits per heavy atom. The molecule has 9 heteroatoms. The maximum atomic E-state index is 12.1. The Bertz CT molecular complexity index is 551. The van der Waals surface area contributed by atoms with Crippen LogP contribution in [0.3, 0.4) is 0 Å². The van der Waals surface area contributed by atoms with Crippen molar-refractivity contribution in [2.24, 2.45) is 0 Å². The molecule has 0 aromatic heterocycles. The molecule has 2 N–H and O–H groups in total. The van der Waals surface area contributed by atoms with Gasteiger partial charge in [0.2, 0.25) is 0 Å². The Hall–Kier alpha value is -1.41. The van der Waals surface area contributed by atoms with E-state index in [0.717, 1.165) is 39.1 Å². The fraction of sp³-hybridized carbons (Fsp3) is 0.500. The number of rotatable bonds is 6. The van der Waals surface area contributed by atoms with Crippen molar-refractivity contribution in [2.75, 3.05) is 39.3 Å². The van der Waals surface area contributed by atoms with Crippen LogP contribution in [-0.4, -0.2) is 55.0 Å². The predicted octanol–water partition coefficient (Wildman–Crippen LogP) is 1.70. The molecule has 1 heterocycles. The third-order valence-electron chi connectivity index (χ3n) is 3.56. The molecule has 0 aliphatic carbocycles. The summed E-state index contributed by atoms with van der Waals surface area (Å²) >= 11 is 5.80. The number of nitro groups is 1. The number of piperazine rings is 1. The second-order valence-corrected chi connectivity index (χ2v) is 5.50. The number of hydrogen-bond donors (Lipinski definition) is 2. The van der Waals surface area contributed by atoms with E-state index in [4.69, 9.17) is 11.6 Å². The summed E-state index contributed by atoms with van der Waals surface area (Å²) in [5.41, 5.74) is -0.344. The highest BCUT2D eigenvalue weighted by Gasteiger charge is 2.23. The lowest BCUT2D eigenvalue weighted by Gasteiger charge is -2.27. The molecule has 7 nitrogen and oxygen atoms in total. The number of nitrogens with one attached hydrogen (secondary N) is 2. The second kappa shape index (κ2) is 9.67. The minimum Gasteiger partial charge on any atom is -0.352 e. The van der Waals surface area contributed by atoms with Crippen molar-refractivity contribution in [3.05, 3.63) is 38.9 Å². The summed E-state index contributed by atoms with van der Waals surface area (Å²) in [6.07, 6.45) is 0.806. The van der Waals surface area contributed by atoms with E-state index in [1.807, 2.05) is 0 Å². The van der Waals surface area contributed by atoms with Gasteiger partial charge in [0.1, 0.15) is 10.6 Å². The monoisotopic (exact) mass is 362 g/mol. The number of amides is 1. The van der Waals surface area contributed by atoms with E-state index in [0.29, 0.717) is 6.54 Å². The fourth-order valence-corrected chi connectivity index (χ4v) is 2.66. The van der Waals surface area contributed by atoms with Crippen LogP contribution < -0.4 is 10.6 Å². The van der Waals surface area contributed by atoms with Crippen molar-refractivity contribution in [1.82, 2.24) is 15.5 Å². The van der Waals surface area contributed by atoms with Gasteiger partial charge in [-0.2, -0.15) is 0 Å². The SMILES string of the molecule is Cl.O=C(NCCCN1CCNCC1)c1cccc(Cl)c1[N+](=O)[O-]. The molecular formula is C14H20Cl2N4O3. The lowest BCUT2D eigenvalue weighted by molar-refractivity contribution is -0.385. The van der Waals surface area contributed by atoms with Crippen LogP contribution in [0.25, 0.3) is 0 Å². The number of carbonyl (C=O) groups excluding carboxylic acids is 1. The second-order valence-electron chi connectivity index (χ2n) is 5.09. The molecule has 0 spiro atoms. The Kier molecular flexibility index (Phi) is 8.25. The van der Waals surface area contributed by atoms with Crippen molar-refractivity contribution in [3.63, 3.8) is 0 Å². The summed E-state index contributed by atoms with van der Waals surface area (Å²) < 4.78 is 0. The highest BCUT2D eigenvalue weighted by molar-refractivity contribution is 6.33.